The van der Waals surface area contributed by atoms with Crippen LogP contribution in [0.3, 0.4) is 0 Å². The van der Waals surface area contributed by atoms with E-state index in [1.807, 2.05) is 23.1 Å². The number of carbonyl (C=O) groups excluding carboxylic acids is 2. The van der Waals surface area contributed by atoms with Crippen LogP contribution in [0.4, 0.5) is 0 Å². The van der Waals surface area contributed by atoms with Crippen LogP contribution in [0.5, 0.6) is 0 Å². The number of amides is 2. The van der Waals surface area contributed by atoms with Crippen molar-refractivity contribution in [2.24, 2.45) is 0 Å². The molecule has 1 saturated heterocycles. The molecule has 0 aromatic heterocycles. The number of fused-ring (bicyclic) bond motifs is 1. The molecule has 1 fully saturated rings. The van der Waals surface area contributed by atoms with Crippen molar-refractivity contribution in [2.75, 3.05) is 26.2 Å². The lowest BCUT2D eigenvalue weighted by molar-refractivity contribution is -0.131. The molecule has 0 aliphatic carbocycles. The van der Waals surface area contributed by atoms with Crippen LogP contribution >= 0.6 is 0 Å². The van der Waals surface area contributed by atoms with Gasteiger partial charge in [-0.2, -0.15) is 0 Å². The van der Waals surface area contributed by atoms with E-state index < -0.39 is 0 Å². The fourth-order valence-electron chi connectivity index (χ4n) is 3.67. The number of rotatable bonds is 5. The van der Waals surface area contributed by atoms with Gasteiger partial charge in [-0.05, 0) is 30.4 Å². The third-order valence-electron chi connectivity index (χ3n) is 5.08. The molecule has 1 N–H and O–H groups in total. The second kappa shape index (κ2) is 8.99. The number of nitrogens with one attached hydrogen (secondary N) is 1. The third kappa shape index (κ3) is 5.05. The molecular weight excluding hydrogens is 316 g/mol. The summed E-state index contributed by atoms with van der Waals surface area (Å²) >= 11 is 0. The van der Waals surface area contributed by atoms with Crippen LogP contribution in [-0.2, 0) is 20.7 Å². The van der Waals surface area contributed by atoms with Crippen LogP contribution in [0.25, 0.3) is 0 Å². The molecule has 2 aliphatic rings. The molecule has 5 heteroatoms. The highest BCUT2D eigenvalue weighted by Crippen LogP contribution is 2.29. The van der Waals surface area contributed by atoms with E-state index in [1.165, 1.54) is 18.4 Å². The van der Waals surface area contributed by atoms with Crippen molar-refractivity contribution < 1.29 is 14.3 Å². The monoisotopic (exact) mass is 344 g/mol. The van der Waals surface area contributed by atoms with Crippen LogP contribution in [0, 0.1) is 0 Å². The molecule has 1 aromatic carbocycles. The summed E-state index contributed by atoms with van der Waals surface area (Å²) in [5.41, 5.74) is 2.38. The van der Waals surface area contributed by atoms with Crippen LogP contribution in [0.1, 0.15) is 55.8 Å². The van der Waals surface area contributed by atoms with Crippen LogP contribution in [-0.4, -0.2) is 43.0 Å². The van der Waals surface area contributed by atoms with Gasteiger partial charge in [0.25, 0.3) is 0 Å². The molecule has 2 heterocycles. The number of hydrogen-bond acceptors (Lipinski definition) is 3. The molecule has 2 aliphatic heterocycles. The van der Waals surface area contributed by atoms with E-state index in [2.05, 4.69) is 11.4 Å². The Morgan fingerprint density at radius 2 is 1.88 bits per heavy atom. The van der Waals surface area contributed by atoms with Gasteiger partial charge in [-0.15, -0.1) is 0 Å². The molecule has 0 radical (unpaired) electrons. The number of hydrogen-bond donors (Lipinski definition) is 1. The largest absolute Gasteiger partial charge is 0.373 e. The van der Waals surface area contributed by atoms with Gasteiger partial charge in [0, 0.05) is 26.1 Å². The molecule has 3 rings (SSSR count). The average molecular weight is 344 g/mol. The number of ether oxygens (including phenoxy) is 1. The van der Waals surface area contributed by atoms with Gasteiger partial charge in [-0.3, -0.25) is 9.59 Å². The lowest BCUT2D eigenvalue weighted by Gasteiger charge is -2.25. The van der Waals surface area contributed by atoms with Crippen molar-refractivity contribution in [3.63, 3.8) is 0 Å². The van der Waals surface area contributed by atoms with Crippen LogP contribution in [0.2, 0.25) is 0 Å². The minimum Gasteiger partial charge on any atom is -0.373 e. The molecule has 0 saturated carbocycles. The molecular formula is C20H28N2O3. The van der Waals surface area contributed by atoms with Gasteiger partial charge in [0.15, 0.2) is 0 Å². The van der Waals surface area contributed by atoms with E-state index in [0.29, 0.717) is 26.0 Å². The van der Waals surface area contributed by atoms with Gasteiger partial charge in [0.2, 0.25) is 11.8 Å². The molecule has 1 aromatic rings. The summed E-state index contributed by atoms with van der Waals surface area (Å²) in [7, 11) is 0. The topological polar surface area (TPSA) is 58.6 Å². The Morgan fingerprint density at radius 1 is 1.12 bits per heavy atom. The first kappa shape index (κ1) is 17.9. The van der Waals surface area contributed by atoms with Crippen molar-refractivity contribution in [2.45, 2.75) is 51.0 Å². The second-order valence-corrected chi connectivity index (χ2v) is 6.91. The maximum atomic E-state index is 12.2. The first-order chi connectivity index (χ1) is 12.2. The summed E-state index contributed by atoms with van der Waals surface area (Å²) in [6.45, 7) is 2.78. The molecule has 0 bridgehead atoms. The zero-order valence-corrected chi connectivity index (χ0v) is 14.8. The number of carbonyl (C=O) groups is 2. The lowest BCUT2D eigenvalue weighted by Crippen LogP contribution is -2.35. The summed E-state index contributed by atoms with van der Waals surface area (Å²) in [5, 5.41) is 2.88. The summed E-state index contributed by atoms with van der Waals surface area (Å²) in [5.74, 6) is 0.104. The molecule has 0 spiro atoms. The Balaban J connectivity index is 1.42. The number of nitrogens with zero attached hydrogens (tertiary/aromatic N) is 1. The number of benzene rings is 1. The standard InChI is InChI=1S/C20H28N2O3/c23-19(15-18-17-8-4-3-7-16(17)10-14-25-18)21-11-9-20(24)22-12-5-1-2-6-13-22/h3-4,7-8,18H,1-2,5-6,9-15H2,(H,21,23). The highest BCUT2D eigenvalue weighted by Gasteiger charge is 2.23. The highest BCUT2D eigenvalue weighted by atomic mass is 16.5. The van der Waals surface area contributed by atoms with Crippen molar-refractivity contribution in [3.05, 3.63) is 35.4 Å². The maximum absolute atomic E-state index is 12.2. The van der Waals surface area contributed by atoms with E-state index in [-0.39, 0.29) is 17.9 Å². The Hall–Kier alpha value is -1.88. The second-order valence-electron chi connectivity index (χ2n) is 6.91. The molecule has 25 heavy (non-hydrogen) atoms. The van der Waals surface area contributed by atoms with Gasteiger partial charge in [0.05, 0.1) is 19.1 Å². The molecule has 5 nitrogen and oxygen atoms in total. The fourth-order valence-corrected chi connectivity index (χ4v) is 3.67. The van der Waals surface area contributed by atoms with E-state index in [1.54, 1.807) is 0 Å². The maximum Gasteiger partial charge on any atom is 0.224 e. The van der Waals surface area contributed by atoms with Gasteiger partial charge in [-0.1, -0.05) is 37.1 Å². The molecule has 1 unspecified atom stereocenters. The summed E-state index contributed by atoms with van der Waals surface area (Å²) in [6, 6.07) is 8.14. The zero-order valence-electron chi connectivity index (χ0n) is 14.8. The quantitative estimate of drug-likeness (QED) is 0.893. The summed E-state index contributed by atoms with van der Waals surface area (Å²) in [6.07, 6.45) is 6.03. The first-order valence-corrected chi connectivity index (χ1v) is 9.48. The number of likely N-dealkylation sites (tertiary alicyclic amines) is 1. The molecule has 136 valence electrons. The first-order valence-electron chi connectivity index (χ1n) is 9.48. The van der Waals surface area contributed by atoms with Gasteiger partial charge < -0.3 is 15.0 Å². The summed E-state index contributed by atoms with van der Waals surface area (Å²) in [4.78, 5) is 26.4. The zero-order chi connectivity index (χ0) is 17.5. The molecule has 1 atom stereocenters. The van der Waals surface area contributed by atoms with Gasteiger partial charge in [0.1, 0.15) is 0 Å². The van der Waals surface area contributed by atoms with Crippen molar-refractivity contribution in [1.82, 2.24) is 10.2 Å². The fraction of sp³-hybridized carbons (Fsp3) is 0.600. The smallest absolute Gasteiger partial charge is 0.224 e. The van der Waals surface area contributed by atoms with Gasteiger partial charge in [-0.25, -0.2) is 0 Å². The molecule has 2 amide bonds. The lowest BCUT2D eigenvalue weighted by atomic mass is 9.95. The van der Waals surface area contributed by atoms with Gasteiger partial charge >= 0.3 is 0 Å². The van der Waals surface area contributed by atoms with Crippen molar-refractivity contribution in [3.8, 4) is 0 Å². The Morgan fingerprint density at radius 3 is 2.68 bits per heavy atom. The highest BCUT2D eigenvalue weighted by molar-refractivity contribution is 5.79. The third-order valence-corrected chi connectivity index (χ3v) is 5.08. The SMILES string of the molecule is O=C(CC1OCCc2ccccc21)NCCC(=O)N1CCCCCC1. The van der Waals surface area contributed by atoms with Crippen LogP contribution < -0.4 is 5.32 Å². The normalized spacial score (nSPS) is 20.5. The van der Waals surface area contributed by atoms with E-state index >= 15 is 0 Å². The minimum absolute atomic E-state index is 0.0506. The predicted molar refractivity (Wildman–Crippen MR) is 96.1 cm³/mol. The predicted octanol–water partition coefficient (Wildman–Crippen LogP) is 2.60. The Bertz CT molecular complexity index is 594. The van der Waals surface area contributed by atoms with E-state index in [9.17, 15) is 9.59 Å². The summed E-state index contributed by atoms with van der Waals surface area (Å²) < 4.78 is 5.78. The Kier molecular flexibility index (Phi) is 6.45. The van der Waals surface area contributed by atoms with Crippen LogP contribution in [0.15, 0.2) is 24.3 Å². The Labute approximate surface area is 149 Å². The van der Waals surface area contributed by atoms with Crippen molar-refractivity contribution in [1.29, 1.82) is 0 Å². The van der Waals surface area contributed by atoms with E-state index in [0.717, 1.165) is 37.9 Å². The minimum atomic E-state index is -0.175. The van der Waals surface area contributed by atoms with Crippen molar-refractivity contribution >= 4 is 11.8 Å². The average Bonchev–Trinajstić information content (AvgIpc) is 2.91. The van der Waals surface area contributed by atoms with E-state index in [4.69, 9.17) is 4.74 Å².